The number of thiophene rings is 1. The molecule has 0 unspecified atom stereocenters. The highest BCUT2D eigenvalue weighted by Gasteiger charge is 2.28. The fraction of sp³-hybridized carbons (Fsp3) is 0.280. The van der Waals surface area contributed by atoms with E-state index in [1.807, 2.05) is 34.5 Å². The number of fused-ring (bicyclic) bond motifs is 1. The summed E-state index contributed by atoms with van der Waals surface area (Å²) in [5.74, 6) is 1.33. The van der Waals surface area contributed by atoms with Gasteiger partial charge in [0.25, 0.3) is 11.8 Å². The number of anilines is 1. The minimum absolute atomic E-state index is 0.00528. The molecule has 0 bridgehead atoms. The summed E-state index contributed by atoms with van der Waals surface area (Å²) in [7, 11) is 0. The van der Waals surface area contributed by atoms with Gasteiger partial charge in [-0.2, -0.15) is 0 Å². The van der Waals surface area contributed by atoms with E-state index in [4.69, 9.17) is 9.47 Å². The van der Waals surface area contributed by atoms with Crippen molar-refractivity contribution in [3.05, 3.63) is 76.0 Å². The van der Waals surface area contributed by atoms with Gasteiger partial charge >= 0.3 is 0 Å². The quantitative estimate of drug-likeness (QED) is 0.555. The van der Waals surface area contributed by atoms with Gasteiger partial charge in [0, 0.05) is 23.8 Å². The number of ether oxygens (including phenoxy) is 2. The van der Waals surface area contributed by atoms with Crippen LogP contribution in [0.5, 0.6) is 11.5 Å². The molecule has 2 aromatic carbocycles. The number of nitrogens with one attached hydrogen (secondary N) is 1. The van der Waals surface area contributed by atoms with Crippen LogP contribution in [0.3, 0.4) is 0 Å². The van der Waals surface area contributed by atoms with Crippen LogP contribution in [0.15, 0.2) is 60.0 Å². The third-order valence-corrected chi connectivity index (χ3v) is 6.82. The van der Waals surface area contributed by atoms with Gasteiger partial charge < -0.3 is 19.7 Å². The Morgan fingerprint density at radius 2 is 1.78 bits per heavy atom. The number of hydrogen-bond acceptors (Lipinski definition) is 5. The van der Waals surface area contributed by atoms with Crippen LogP contribution in [0.1, 0.15) is 51.3 Å². The Bertz CT molecular complexity index is 1110. The molecule has 32 heavy (non-hydrogen) atoms. The van der Waals surface area contributed by atoms with Gasteiger partial charge in [-0.05, 0) is 66.2 Å². The summed E-state index contributed by atoms with van der Waals surface area (Å²) in [4.78, 5) is 28.4. The second-order valence-corrected chi connectivity index (χ2v) is 9.02. The average Bonchev–Trinajstić information content (AvgIpc) is 3.59. The molecule has 1 fully saturated rings. The van der Waals surface area contributed by atoms with Gasteiger partial charge in [-0.1, -0.05) is 25.0 Å². The first-order valence-electron chi connectivity index (χ1n) is 10.8. The lowest BCUT2D eigenvalue weighted by atomic mass is 10.1. The lowest BCUT2D eigenvalue weighted by Crippen LogP contribution is -2.38. The maximum atomic E-state index is 13.5. The molecule has 1 aromatic heterocycles. The number of hydrogen-bond donors (Lipinski definition) is 1. The van der Waals surface area contributed by atoms with Crippen molar-refractivity contribution in [3.8, 4) is 11.5 Å². The average molecular weight is 449 g/mol. The third-order valence-electron chi connectivity index (χ3n) is 5.95. The molecule has 2 heterocycles. The molecule has 1 aliphatic heterocycles. The van der Waals surface area contributed by atoms with Gasteiger partial charge in [0.2, 0.25) is 6.79 Å². The van der Waals surface area contributed by atoms with E-state index in [1.54, 1.807) is 30.3 Å². The summed E-state index contributed by atoms with van der Waals surface area (Å²) >= 11 is 1.39. The van der Waals surface area contributed by atoms with Crippen molar-refractivity contribution in [2.75, 3.05) is 12.1 Å². The van der Waals surface area contributed by atoms with Crippen LogP contribution < -0.4 is 14.8 Å². The summed E-state index contributed by atoms with van der Waals surface area (Å²) in [6.07, 6.45) is 4.32. The van der Waals surface area contributed by atoms with Crippen LogP contribution in [-0.4, -0.2) is 29.5 Å². The summed E-state index contributed by atoms with van der Waals surface area (Å²) in [5, 5.41) is 4.75. The zero-order valence-corrected chi connectivity index (χ0v) is 18.4. The van der Waals surface area contributed by atoms with Gasteiger partial charge in [0.15, 0.2) is 11.5 Å². The fourth-order valence-electron chi connectivity index (χ4n) is 4.28. The van der Waals surface area contributed by atoms with Crippen molar-refractivity contribution in [1.82, 2.24) is 4.90 Å². The molecule has 2 aliphatic rings. The van der Waals surface area contributed by atoms with Crippen LogP contribution in [0.4, 0.5) is 5.69 Å². The smallest absolute Gasteiger partial charge is 0.265 e. The summed E-state index contributed by atoms with van der Waals surface area (Å²) < 4.78 is 10.9. The van der Waals surface area contributed by atoms with E-state index < -0.39 is 0 Å². The monoisotopic (exact) mass is 448 g/mol. The van der Waals surface area contributed by atoms with Gasteiger partial charge in [-0.25, -0.2) is 0 Å². The third kappa shape index (κ3) is 4.34. The first kappa shape index (κ1) is 20.6. The fourth-order valence-corrected chi connectivity index (χ4v) is 4.90. The first-order chi connectivity index (χ1) is 15.7. The molecule has 6 nitrogen and oxygen atoms in total. The molecule has 1 aliphatic carbocycles. The van der Waals surface area contributed by atoms with E-state index in [0.29, 0.717) is 22.7 Å². The zero-order valence-electron chi connectivity index (χ0n) is 17.6. The van der Waals surface area contributed by atoms with Gasteiger partial charge in [-0.3, -0.25) is 9.59 Å². The largest absolute Gasteiger partial charge is 0.454 e. The number of benzene rings is 2. The summed E-state index contributed by atoms with van der Waals surface area (Å²) in [6, 6.07) is 16.9. The van der Waals surface area contributed by atoms with Crippen molar-refractivity contribution >= 4 is 28.8 Å². The highest BCUT2D eigenvalue weighted by atomic mass is 32.1. The minimum Gasteiger partial charge on any atom is -0.454 e. The number of carbonyl (C=O) groups is 2. The van der Waals surface area contributed by atoms with E-state index in [-0.39, 0.29) is 24.6 Å². The Hall–Kier alpha value is -3.32. The van der Waals surface area contributed by atoms with Crippen molar-refractivity contribution in [2.24, 2.45) is 0 Å². The van der Waals surface area contributed by atoms with E-state index in [0.717, 1.165) is 42.7 Å². The van der Waals surface area contributed by atoms with Crippen LogP contribution >= 0.6 is 11.3 Å². The maximum absolute atomic E-state index is 13.5. The molecule has 2 amide bonds. The topological polar surface area (TPSA) is 67.9 Å². The molecule has 7 heteroatoms. The Labute approximate surface area is 190 Å². The van der Waals surface area contributed by atoms with E-state index >= 15 is 0 Å². The minimum atomic E-state index is -0.144. The van der Waals surface area contributed by atoms with E-state index in [2.05, 4.69) is 5.32 Å². The zero-order chi connectivity index (χ0) is 21.9. The van der Waals surface area contributed by atoms with Crippen molar-refractivity contribution in [3.63, 3.8) is 0 Å². The molecule has 1 saturated carbocycles. The molecule has 0 atom stereocenters. The molecule has 0 radical (unpaired) electrons. The molecule has 1 N–H and O–H groups in total. The van der Waals surface area contributed by atoms with Crippen molar-refractivity contribution in [2.45, 2.75) is 38.3 Å². The standard InChI is InChI=1S/C25H24N2O4S/c28-24(23-6-3-13-32-23)26-19-10-8-18(9-11-19)25(29)27(20-4-1-2-5-20)15-17-7-12-21-22(14-17)31-16-30-21/h3,6-14,20H,1-2,4-5,15-16H2,(H,26,28). The predicted octanol–water partition coefficient (Wildman–Crippen LogP) is 5.31. The molecule has 3 aromatic rings. The Morgan fingerprint density at radius 3 is 2.53 bits per heavy atom. The maximum Gasteiger partial charge on any atom is 0.265 e. The predicted molar refractivity (Wildman–Crippen MR) is 123 cm³/mol. The summed E-state index contributed by atoms with van der Waals surface area (Å²) in [6.45, 7) is 0.760. The lowest BCUT2D eigenvalue weighted by Gasteiger charge is -2.29. The first-order valence-corrected chi connectivity index (χ1v) is 11.7. The Morgan fingerprint density at radius 1 is 1.00 bits per heavy atom. The van der Waals surface area contributed by atoms with Crippen LogP contribution in [0.25, 0.3) is 0 Å². The van der Waals surface area contributed by atoms with Gasteiger partial charge in [0.1, 0.15) is 0 Å². The van der Waals surface area contributed by atoms with Crippen LogP contribution in [-0.2, 0) is 6.54 Å². The Kier molecular flexibility index (Phi) is 5.81. The highest BCUT2D eigenvalue weighted by Crippen LogP contribution is 2.34. The second kappa shape index (κ2) is 9.04. The van der Waals surface area contributed by atoms with Crippen molar-refractivity contribution in [1.29, 1.82) is 0 Å². The van der Waals surface area contributed by atoms with Crippen LogP contribution in [0.2, 0.25) is 0 Å². The molecule has 164 valence electrons. The van der Waals surface area contributed by atoms with E-state index in [9.17, 15) is 9.59 Å². The molecule has 0 saturated heterocycles. The van der Waals surface area contributed by atoms with Gasteiger partial charge in [-0.15, -0.1) is 11.3 Å². The lowest BCUT2D eigenvalue weighted by molar-refractivity contribution is 0.0664. The van der Waals surface area contributed by atoms with E-state index in [1.165, 1.54) is 11.3 Å². The summed E-state index contributed by atoms with van der Waals surface area (Å²) in [5.41, 5.74) is 2.31. The Balaban J connectivity index is 1.32. The molecule has 5 rings (SSSR count). The number of carbonyl (C=O) groups excluding carboxylic acids is 2. The second-order valence-electron chi connectivity index (χ2n) is 8.07. The number of rotatable bonds is 6. The normalized spacial score (nSPS) is 15.0. The number of amides is 2. The molecular formula is C25H24N2O4S. The highest BCUT2D eigenvalue weighted by molar-refractivity contribution is 7.12. The van der Waals surface area contributed by atoms with Crippen molar-refractivity contribution < 1.29 is 19.1 Å². The SMILES string of the molecule is O=C(Nc1ccc(C(=O)N(Cc2ccc3c(c2)OCO3)C2CCCC2)cc1)c1cccs1. The molecular weight excluding hydrogens is 424 g/mol. The van der Waals surface area contributed by atoms with Crippen LogP contribution in [0, 0.1) is 0 Å². The number of nitrogens with zero attached hydrogens (tertiary/aromatic N) is 1. The molecule has 0 spiro atoms. The van der Waals surface area contributed by atoms with Gasteiger partial charge in [0.05, 0.1) is 4.88 Å².